The first-order valence-electron chi connectivity index (χ1n) is 8.25. The van der Waals surface area contributed by atoms with Crippen LogP contribution in [0.25, 0.3) is 17.0 Å². The molecular weight excluding hydrogens is 364 g/mol. The Morgan fingerprint density at radius 3 is 2.59 bits per heavy atom. The molecule has 0 spiro atoms. The average Bonchev–Trinajstić information content (AvgIpc) is 2.97. The Balaban J connectivity index is 1.75. The first kappa shape index (κ1) is 17.2. The molecule has 0 aliphatic rings. The largest absolute Gasteiger partial charge is 0.343 e. The van der Waals surface area contributed by atoms with Crippen molar-refractivity contribution in [2.75, 3.05) is 0 Å². The number of aromatic amines is 2. The molecule has 4 rings (SSSR count). The number of nitrogens with one attached hydrogen (secondary N) is 2. The molecule has 2 N–H and O–H groups in total. The van der Waals surface area contributed by atoms with Crippen LogP contribution in [0.1, 0.15) is 17.1 Å². The summed E-state index contributed by atoms with van der Waals surface area (Å²) in [7, 11) is 0. The van der Waals surface area contributed by atoms with Crippen LogP contribution in [0.2, 0.25) is 0 Å². The van der Waals surface area contributed by atoms with Gasteiger partial charge in [-0.2, -0.15) is 4.68 Å². The number of pyridine rings is 2. The number of aryl methyl sites for hydroxylation is 2. The van der Waals surface area contributed by atoms with Crippen molar-refractivity contribution in [2.24, 2.45) is 0 Å². The Labute approximate surface area is 157 Å². The van der Waals surface area contributed by atoms with E-state index in [4.69, 9.17) is 0 Å². The van der Waals surface area contributed by atoms with Crippen LogP contribution in [-0.2, 0) is 5.75 Å². The number of aromatic nitrogens is 6. The van der Waals surface area contributed by atoms with E-state index in [1.165, 1.54) is 22.5 Å². The maximum atomic E-state index is 12.7. The quantitative estimate of drug-likeness (QED) is 0.525. The smallest absolute Gasteiger partial charge is 0.287 e. The second-order valence-corrected chi connectivity index (χ2v) is 7.06. The van der Waals surface area contributed by atoms with Crippen LogP contribution in [0.3, 0.4) is 0 Å². The van der Waals surface area contributed by atoms with E-state index in [9.17, 15) is 9.59 Å². The van der Waals surface area contributed by atoms with E-state index in [1.807, 2.05) is 38.1 Å². The minimum Gasteiger partial charge on any atom is -0.343 e. The first-order valence-corrected chi connectivity index (χ1v) is 9.23. The summed E-state index contributed by atoms with van der Waals surface area (Å²) in [5.74, 6) is 0.737. The third kappa shape index (κ3) is 3.41. The standard InChI is InChI=1S/C18H16N6O2S/c1-10-7-11(2)21-18(20-10)24-17(26)15-13(25)8-12(22-16(15)23-24)9-27-14-5-3-4-6-19-14/h3-8H,9H2,1-2H3,(H2,22,23,25). The van der Waals surface area contributed by atoms with E-state index in [0.29, 0.717) is 17.1 Å². The summed E-state index contributed by atoms with van der Waals surface area (Å²) in [5, 5.41) is 3.83. The van der Waals surface area contributed by atoms with Crippen molar-refractivity contribution in [3.05, 3.63) is 74.2 Å². The maximum Gasteiger partial charge on any atom is 0.287 e. The van der Waals surface area contributed by atoms with Gasteiger partial charge >= 0.3 is 0 Å². The molecule has 9 heteroatoms. The van der Waals surface area contributed by atoms with Gasteiger partial charge in [0.25, 0.3) is 11.5 Å². The number of hydrogen-bond acceptors (Lipinski definition) is 6. The molecule has 0 saturated carbocycles. The normalized spacial score (nSPS) is 11.2. The topological polar surface area (TPSA) is 109 Å². The number of H-pyrrole nitrogens is 2. The van der Waals surface area contributed by atoms with Crippen LogP contribution in [-0.4, -0.2) is 29.7 Å². The van der Waals surface area contributed by atoms with Crippen LogP contribution in [0, 0.1) is 13.8 Å². The Morgan fingerprint density at radius 1 is 1.11 bits per heavy atom. The molecule has 0 bridgehead atoms. The fraction of sp³-hybridized carbons (Fsp3) is 0.167. The molecule has 4 aromatic heterocycles. The van der Waals surface area contributed by atoms with Crippen LogP contribution < -0.4 is 11.0 Å². The van der Waals surface area contributed by atoms with Gasteiger partial charge in [-0.15, -0.1) is 11.8 Å². The summed E-state index contributed by atoms with van der Waals surface area (Å²) in [6.07, 6.45) is 1.72. The SMILES string of the molecule is Cc1cc(C)nc(-n2[nH]c3[nH]c(CSc4ccccn4)cc(=O)c3c2=O)n1. The molecule has 0 amide bonds. The second kappa shape index (κ2) is 6.84. The minimum absolute atomic E-state index is 0.0596. The van der Waals surface area contributed by atoms with E-state index in [2.05, 4.69) is 25.0 Å². The van der Waals surface area contributed by atoms with Gasteiger partial charge in [0.1, 0.15) is 11.0 Å². The Morgan fingerprint density at radius 2 is 1.89 bits per heavy atom. The molecule has 4 aromatic rings. The average molecular weight is 380 g/mol. The molecule has 0 saturated heterocycles. The molecule has 0 aromatic carbocycles. The van der Waals surface area contributed by atoms with Gasteiger partial charge in [-0.05, 0) is 32.0 Å². The summed E-state index contributed by atoms with van der Waals surface area (Å²) >= 11 is 1.50. The van der Waals surface area contributed by atoms with Crippen molar-refractivity contribution in [1.29, 1.82) is 0 Å². The number of nitrogens with zero attached hydrogens (tertiary/aromatic N) is 4. The van der Waals surface area contributed by atoms with Crippen molar-refractivity contribution in [2.45, 2.75) is 24.6 Å². The molecule has 4 heterocycles. The number of fused-ring (bicyclic) bond motifs is 1. The fourth-order valence-corrected chi connectivity index (χ4v) is 3.56. The Bertz CT molecular complexity index is 1220. The predicted octanol–water partition coefficient (Wildman–Crippen LogP) is 2.10. The van der Waals surface area contributed by atoms with Gasteiger partial charge in [0.2, 0.25) is 0 Å². The molecule has 0 fully saturated rings. The lowest BCUT2D eigenvalue weighted by Crippen LogP contribution is -2.20. The predicted molar refractivity (Wildman–Crippen MR) is 103 cm³/mol. The third-order valence-electron chi connectivity index (χ3n) is 3.91. The highest BCUT2D eigenvalue weighted by Crippen LogP contribution is 2.19. The van der Waals surface area contributed by atoms with E-state index < -0.39 is 5.56 Å². The van der Waals surface area contributed by atoms with Gasteiger partial charge in [0.15, 0.2) is 5.43 Å². The van der Waals surface area contributed by atoms with Gasteiger partial charge < -0.3 is 4.98 Å². The van der Waals surface area contributed by atoms with Gasteiger partial charge in [-0.25, -0.2) is 15.0 Å². The molecule has 0 aliphatic heterocycles. The number of hydrogen-bond donors (Lipinski definition) is 2. The highest BCUT2D eigenvalue weighted by atomic mass is 32.2. The Hall–Kier alpha value is -3.20. The lowest BCUT2D eigenvalue weighted by Gasteiger charge is -2.02. The molecule has 0 radical (unpaired) electrons. The lowest BCUT2D eigenvalue weighted by molar-refractivity contribution is 0.777. The summed E-state index contributed by atoms with van der Waals surface area (Å²) in [4.78, 5) is 41.1. The molecular formula is C18H16N6O2S. The fourth-order valence-electron chi connectivity index (χ4n) is 2.79. The number of thioether (sulfide) groups is 1. The van der Waals surface area contributed by atoms with E-state index in [0.717, 1.165) is 16.4 Å². The van der Waals surface area contributed by atoms with Crippen molar-refractivity contribution >= 4 is 22.8 Å². The van der Waals surface area contributed by atoms with Crippen molar-refractivity contribution < 1.29 is 0 Å². The molecule has 0 atom stereocenters. The lowest BCUT2D eigenvalue weighted by atomic mass is 10.3. The van der Waals surface area contributed by atoms with Crippen LogP contribution >= 0.6 is 11.8 Å². The molecule has 27 heavy (non-hydrogen) atoms. The maximum absolute atomic E-state index is 12.7. The van der Waals surface area contributed by atoms with Gasteiger partial charge in [-0.3, -0.25) is 14.7 Å². The van der Waals surface area contributed by atoms with Crippen LogP contribution in [0.15, 0.2) is 51.1 Å². The van der Waals surface area contributed by atoms with E-state index in [-0.39, 0.29) is 16.8 Å². The molecule has 0 aliphatic carbocycles. The number of rotatable bonds is 4. The van der Waals surface area contributed by atoms with Gasteiger partial charge in [0, 0.05) is 35.1 Å². The van der Waals surface area contributed by atoms with Crippen molar-refractivity contribution in [1.82, 2.24) is 29.7 Å². The van der Waals surface area contributed by atoms with Crippen molar-refractivity contribution in [3.63, 3.8) is 0 Å². The van der Waals surface area contributed by atoms with Gasteiger partial charge in [0.05, 0.1) is 5.03 Å². The summed E-state index contributed by atoms with van der Waals surface area (Å²) < 4.78 is 1.19. The van der Waals surface area contributed by atoms with Gasteiger partial charge in [-0.1, -0.05) is 6.07 Å². The summed E-state index contributed by atoms with van der Waals surface area (Å²) in [6.45, 7) is 3.65. The van der Waals surface area contributed by atoms with E-state index in [1.54, 1.807) is 6.20 Å². The molecule has 8 nitrogen and oxygen atoms in total. The van der Waals surface area contributed by atoms with E-state index >= 15 is 0 Å². The monoisotopic (exact) mass is 380 g/mol. The first-order chi connectivity index (χ1) is 13.0. The zero-order chi connectivity index (χ0) is 19.0. The second-order valence-electron chi connectivity index (χ2n) is 6.07. The molecule has 0 unspecified atom stereocenters. The highest BCUT2D eigenvalue weighted by molar-refractivity contribution is 7.98. The zero-order valence-corrected chi connectivity index (χ0v) is 15.5. The van der Waals surface area contributed by atoms with Crippen LogP contribution in [0.4, 0.5) is 0 Å². The summed E-state index contributed by atoms with van der Waals surface area (Å²) in [5.41, 5.74) is 1.71. The minimum atomic E-state index is -0.472. The summed E-state index contributed by atoms with van der Waals surface area (Å²) in [6, 6.07) is 8.91. The highest BCUT2D eigenvalue weighted by Gasteiger charge is 2.15. The third-order valence-corrected chi connectivity index (χ3v) is 4.90. The molecule has 136 valence electrons. The Kier molecular flexibility index (Phi) is 4.36. The zero-order valence-electron chi connectivity index (χ0n) is 14.7. The van der Waals surface area contributed by atoms with Crippen LogP contribution in [0.5, 0.6) is 0 Å². The van der Waals surface area contributed by atoms with Crippen molar-refractivity contribution in [3.8, 4) is 5.95 Å².